The first kappa shape index (κ1) is 10.7. The number of carbonyl (C=O) groups excluding carboxylic acids is 1. The molecular formula is C13H16O. The second-order valence-corrected chi connectivity index (χ2v) is 4.02. The molecule has 1 heteroatoms. The van der Waals surface area contributed by atoms with Gasteiger partial charge in [0.25, 0.3) is 0 Å². The van der Waals surface area contributed by atoms with Gasteiger partial charge in [0, 0.05) is 5.57 Å². The lowest BCUT2D eigenvalue weighted by Crippen LogP contribution is -1.93. The van der Waals surface area contributed by atoms with Crippen LogP contribution in [0.4, 0.5) is 0 Å². The molecule has 0 aliphatic rings. The zero-order valence-corrected chi connectivity index (χ0v) is 9.00. The molecule has 0 fully saturated rings. The Morgan fingerprint density at radius 1 is 1.29 bits per heavy atom. The van der Waals surface area contributed by atoms with Crippen molar-refractivity contribution in [1.82, 2.24) is 0 Å². The Kier molecular flexibility index (Phi) is 3.67. The highest BCUT2D eigenvalue weighted by molar-refractivity contribution is 5.86. The lowest BCUT2D eigenvalue weighted by atomic mass is 10.0. The summed E-state index contributed by atoms with van der Waals surface area (Å²) in [4.78, 5) is 10.4. The summed E-state index contributed by atoms with van der Waals surface area (Å²) < 4.78 is 0. The van der Waals surface area contributed by atoms with Crippen LogP contribution in [0.3, 0.4) is 0 Å². The third kappa shape index (κ3) is 2.86. The number of benzene rings is 1. The summed E-state index contributed by atoms with van der Waals surface area (Å²) in [6, 6.07) is 8.13. The first-order valence-electron chi connectivity index (χ1n) is 4.94. The van der Waals surface area contributed by atoms with E-state index in [0.717, 1.165) is 12.0 Å². The van der Waals surface area contributed by atoms with Crippen LogP contribution in [0.1, 0.15) is 31.9 Å². The van der Waals surface area contributed by atoms with Gasteiger partial charge >= 0.3 is 0 Å². The third-order valence-corrected chi connectivity index (χ3v) is 2.18. The maximum atomic E-state index is 10.4. The molecule has 0 radical (unpaired) electrons. The molecule has 0 saturated heterocycles. The molecule has 0 saturated carbocycles. The van der Waals surface area contributed by atoms with Gasteiger partial charge in [-0.3, -0.25) is 0 Å². The van der Waals surface area contributed by atoms with Gasteiger partial charge in [-0.15, -0.1) is 0 Å². The number of rotatable bonds is 3. The Labute approximate surface area is 85.5 Å². The van der Waals surface area contributed by atoms with Crippen LogP contribution in [0, 0.1) is 5.92 Å². The summed E-state index contributed by atoms with van der Waals surface area (Å²) >= 11 is 0. The predicted molar refractivity (Wildman–Crippen MR) is 59.8 cm³/mol. The molecular weight excluding hydrogens is 172 g/mol. The third-order valence-electron chi connectivity index (χ3n) is 2.18. The Morgan fingerprint density at radius 2 is 1.86 bits per heavy atom. The first-order valence-corrected chi connectivity index (χ1v) is 4.94. The largest absolute Gasteiger partial charge is 0.233 e. The fourth-order valence-corrected chi connectivity index (χ4v) is 1.42. The molecule has 14 heavy (non-hydrogen) atoms. The molecule has 1 nitrogen and oxygen atoms in total. The Morgan fingerprint density at radius 3 is 2.29 bits per heavy atom. The molecule has 0 N–H and O–H groups in total. The van der Waals surface area contributed by atoms with Crippen LogP contribution in [0.5, 0.6) is 0 Å². The van der Waals surface area contributed by atoms with Crippen molar-refractivity contribution in [3.8, 4) is 0 Å². The molecule has 0 aliphatic heterocycles. The SMILES string of the molecule is CC(=C=O)c1ccc(CC(C)C)cc1. The van der Waals surface area contributed by atoms with Crippen molar-refractivity contribution < 1.29 is 4.79 Å². The van der Waals surface area contributed by atoms with Gasteiger partial charge in [0.15, 0.2) is 0 Å². The number of allylic oxidation sites excluding steroid dienone is 1. The maximum Gasteiger partial charge on any atom is 0.128 e. The summed E-state index contributed by atoms with van der Waals surface area (Å²) in [5.41, 5.74) is 2.95. The van der Waals surface area contributed by atoms with Gasteiger partial charge < -0.3 is 0 Å². The van der Waals surface area contributed by atoms with Crippen LogP contribution in [0.25, 0.3) is 5.57 Å². The molecule has 74 valence electrons. The monoisotopic (exact) mass is 188 g/mol. The van der Waals surface area contributed by atoms with E-state index in [1.165, 1.54) is 5.56 Å². The zero-order chi connectivity index (χ0) is 10.6. The molecule has 0 aromatic heterocycles. The van der Waals surface area contributed by atoms with E-state index in [2.05, 4.69) is 26.0 Å². The van der Waals surface area contributed by atoms with Gasteiger partial charge in [-0.2, -0.15) is 0 Å². The molecule has 0 amide bonds. The van der Waals surface area contributed by atoms with Crippen molar-refractivity contribution in [3.05, 3.63) is 35.4 Å². The molecule has 1 aromatic carbocycles. The Bertz CT molecular complexity index is 340. The maximum absolute atomic E-state index is 10.4. The number of hydrogen-bond donors (Lipinski definition) is 0. The zero-order valence-electron chi connectivity index (χ0n) is 9.00. The second-order valence-electron chi connectivity index (χ2n) is 4.02. The Balaban J connectivity index is 2.84. The molecule has 0 spiro atoms. The van der Waals surface area contributed by atoms with Crippen LogP contribution < -0.4 is 0 Å². The van der Waals surface area contributed by atoms with Crippen LogP contribution in [0.15, 0.2) is 24.3 Å². The van der Waals surface area contributed by atoms with E-state index < -0.39 is 0 Å². The first-order chi connectivity index (χ1) is 6.63. The average molecular weight is 188 g/mol. The van der Waals surface area contributed by atoms with Gasteiger partial charge in [0.2, 0.25) is 0 Å². The summed E-state index contributed by atoms with van der Waals surface area (Å²) in [6.07, 6.45) is 1.09. The lowest BCUT2D eigenvalue weighted by Gasteiger charge is -2.05. The summed E-state index contributed by atoms with van der Waals surface area (Å²) in [7, 11) is 0. The highest BCUT2D eigenvalue weighted by Gasteiger charge is 1.99. The van der Waals surface area contributed by atoms with E-state index in [4.69, 9.17) is 0 Å². The molecule has 0 bridgehead atoms. The fraction of sp³-hybridized carbons (Fsp3) is 0.385. The summed E-state index contributed by atoms with van der Waals surface area (Å²) in [5.74, 6) is 2.58. The normalized spacial score (nSPS) is 10.0. The standard InChI is InChI=1S/C13H16O/c1-10(2)8-12-4-6-13(7-5-12)11(3)9-14/h4-7,10H,8H2,1-3H3. The summed E-state index contributed by atoms with van der Waals surface area (Å²) in [6.45, 7) is 6.18. The van der Waals surface area contributed by atoms with Crippen molar-refractivity contribution in [2.45, 2.75) is 27.2 Å². The van der Waals surface area contributed by atoms with Crippen molar-refractivity contribution in [3.63, 3.8) is 0 Å². The molecule has 1 aromatic rings. The predicted octanol–water partition coefficient (Wildman–Crippen LogP) is 3.12. The van der Waals surface area contributed by atoms with E-state index in [1.54, 1.807) is 6.92 Å². The minimum Gasteiger partial charge on any atom is -0.233 e. The molecule has 0 unspecified atom stereocenters. The highest BCUT2D eigenvalue weighted by atomic mass is 16.1. The highest BCUT2D eigenvalue weighted by Crippen LogP contribution is 2.14. The minimum absolute atomic E-state index is 0.668. The fourth-order valence-electron chi connectivity index (χ4n) is 1.42. The van der Waals surface area contributed by atoms with E-state index in [1.807, 2.05) is 18.1 Å². The van der Waals surface area contributed by atoms with E-state index >= 15 is 0 Å². The summed E-state index contributed by atoms with van der Waals surface area (Å²) in [5, 5.41) is 0. The van der Waals surface area contributed by atoms with Crippen LogP contribution >= 0.6 is 0 Å². The lowest BCUT2D eigenvalue weighted by molar-refractivity contribution is 0.569. The van der Waals surface area contributed by atoms with Crippen LogP contribution in [-0.4, -0.2) is 5.94 Å². The van der Waals surface area contributed by atoms with E-state index in [9.17, 15) is 4.79 Å². The molecule has 1 rings (SSSR count). The topological polar surface area (TPSA) is 17.1 Å². The van der Waals surface area contributed by atoms with Gasteiger partial charge in [0.1, 0.15) is 5.94 Å². The Hall–Kier alpha value is -1.33. The minimum atomic E-state index is 0.668. The van der Waals surface area contributed by atoms with Crippen LogP contribution in [0.2, 0.25) is 0 Å². The van der Waals surface area contributed by atoms with Crippen molar-refractivity contribution >= 4 is 11.5 Å². The van der Waals surface area contributed by atoms with Crippen molar-refractivity contribution in [2.75, 3.05) is 0 Å². The molecule has 0 heterocycles. The average Bonchev–Trinajstić information content (AvgIpc) is 2.17. The van der Waals surface area contributed by atoms with Crippen molar-refractivity contribution in [1.29, 1.82) is 0 Å². The van der Waals surface area contributed by atoms with E-state index in [-0.39, 0.29) is 0 Å². The van der Waals surface area contributed by atoms with Gasteiger partial charge in [-0.25, -0.2) is 4.79 Å². The van der Waals surface area contributed by atoms with Gasteiger partial charge in [-0.1, -0.05) is 38.1 Å². The number of hydrogen-bond acceptors (Lipinski definition) is 1. The quantitative estimate of drug-likeness (QED) is 0.666. The molecule has 0 aliphatic carbocycles. The van der Waals surface area contributed by atoms with Crippen molar-refractivity contribution in [2.24, 2.45) is 5.92 Å². The van der Waals surface area contributed by atoms with Crippen LogP contribution in [-0.2, 0) is 11.2 Å². The van der Waals surface area contributed by atoms with Gasteiger partial charge in [-0.05, 0) is 30.4 Å². The van der Waals surface area contributed by atoms with Gasteiger partial charge in [0.05, 0.1) is 0 Å². The molecule has 0 atom stereocenters. The second kappa shape index (κ2) is 4.78. The smallest absolute Gasteiger partial charge is 0.128 e. The van der Waals surface area contributed by atoms with E-state index in [0.29, 0.717) is 11.5 Å².